The Morgan fingerprint density at radius 1 is 0.930 bits per heavy atom. The number of carbonyl (C=O) groups excluding carboxylic acids is 4. The van der Waals surface area contributed by atoms with Crippen LogP contribution in [0.2, 0.25) is 0 Å². The van der Waals surface area contributed by atoms with E-state index in [2.05, 4.69) is 10.3 Å². The van der Waals surface area contributed by atoms with E-state index in [-0.39, 0.29) is 42.3 Å². The molecule has 11 heteroatoms. The van der Waals surface area contributed by atoms with E-state index in [4.69, 9.17) is 17.2 Å². The molecule has 2 aromatic rings. The summed E-state index contributed by atoms with van der Waals surface area (Å²) in [5.74, 6) is -0.960. The number of carbonyl (C=O) groups is 4. The van der Waals surface area contributed by atoms with Crippen LogP contribution in [0.5, 0.6) is 0 Å². The number of aliphatic imine (C=N–C) groups is 1. The van der Waals surface area contributed by atoms with Crippen LogP contribution in [0.4, 0.5) is 0 Å². The highest BCUT2D eigenvalue weighted by Crippen LogP contribution is 2.21. The van der Waals surface area contributed by atoms with Crippen molar-refractivity contribution in [1.29, 1.82) is 0 Å². The molecule has 0 saturated carbocycles. The van der Waals surface area contributed by atoms with Gasteiger partial charge in [-0.2, -0.15) is 0 Å². The Bertz CT molecular complexity index is 1320. The summed E-state index contributed by atoms with van der Waals surface area (Å²) in [6, 6.07) is 11.7. The Kier molecular flexibility index (Phi) is 11.5. The third-order valence-corrected chi connectivity index (χ3v) is 8.37. The topological polar surface area (TPSA) is 177 Å². The molecule has 2 aromatic carbocycles. The van der Waals surface area contributed by atoms with Gasteiger partial charge in [-0.3, -0.25) is 24.2 Å². The van der Waals surface area contributed by atoms with Gasteiger partial charge in [0.1, 0.15) is 6.04 Å². The Morgan fingerprint density at radius 3 is 2.42 bits per heavy atom. The standard InChI is InChI=1S/C32H45N7O4/c33-25(21-22-12-13-23-8-2-3-9-24(23)20-22)31(43)39-19-7-11-27(39)30(42)37-26(10-6-16-36-32(34)35)28(40)14-15-29(41)38-17-4-1-5-18-38/h2-3,8-9,12-13,20,25-27H,1,4-7,10-11,14-19,21,33H2,(H,37,42)(H4,34,35,36)/t25?,26?,27-/m0/s1. The predicted octanol–water partition coefficient (Wildman–Crippen LogP) is 1.60. The number of nitrogens with one attached hydrogen (secondary N) is 1. The highest BCUT2D eigenvalue weighted by molar-refractivity contribution is 5.95. The van der Waals surface area contributed by atoms with Crippen molar-refractivity contribution in [2.24, 2.45) is 22.2 Å². The molecule has 0 radical (unpaired) electrons. The van der Waals surface area contributed by atoms with Crippen LogP contribution in [-0.2, 0) is 25.6 Å². The Balaban J connectivity index is 1.37. The molecule has 0 aliphatic carbocycles. The molecule has 0 bridgehead atoms. The Labute approximate surface area is 253 Å². The van der Waals surface area contributed by atoms with Crippen molar-refractivity contribution >= 4 is 40.2 Å². The molecule has 0 aromatic heterocycles. The molecule has 2 saturated heterocycles. The minimum Gasteiger partial charge on any atom is -0.370 e. The van der Waals surface area contributed by atoms with Crippen LogP contribution < -0.4 is 22.5 Å². The van der Waals surface area contributed by atoms with E-state index >= 15 is 0 Å². The van der Waals surface area contributed by atoms with Crippen molar-refractivity contribution < 1.29 is 19.2 Å². The Morgan fingerprint density at radius 2 is 1.67 bits per heavy atom. The maximum atomic E-state index is 13.5. The summed E-state index contributed by atoms with van der Waals surface area (Å²) in [5, 5.41) is 5.07. The van der Waals surface area contributed by atoms with Crippen molar-refractivity contribution in [2.45, 2.75) is 82.3 Å². The first kappa shape index (κ1) is 31.9. The summed E-state index contributed by atoms with van der Waals surface area (Å²) in [6.45, 7) is 2.18. The number of ketones is 1. The number of fused-ring (bicyclic) bond motifs is 1. The van der Waals surface area contributed by atoms with Crippen LogP contribution >= 0.6 is 0 Å². The summed E-state index contributed by atoms with van der Waals surface area (Å²) in [5.41, 5.74) is 18.2. The summed E-state index contributed by atoms with van der Waals surface area (Å²) >= 11 is 0. The van der Waals surface area contributed by atoms with Crippen LogP contribution in [0.25, 0.3) is 10.8 Å². The van der Waals surface area contributed by atoms with Crippen LogP contribution in [-0.4, -0.2) is 83.6 Å². The largest absolute Gasteiger partial charge is 0.370 e. The molecular formula is C32H45N7O4. The number of nitrogens with zero attached hydrogens (tertiary/aromatic N) is 3. The molecule has 0 spiro atoms. The van der Waals surface area contributed by atoms with Crippen LogP contribution in [0.15, 0.2) is 47.5 Å². The molecular weight excluding hydrogens is 546 g/mol. The van der Waals surface area contributed by atoms with Crippen molar-refractivity contribution in [3.63, 3.8) is 0 Å². The SMILES string of the molecule is NC(N)=NCCCC(NC(=O)[C@@H]1CCCN1C(=O)C(N)Cc1ccc2ccccc2c1)C(=O)CCC(=O)N1CCCCC1. The number of hydrogen-bond donors (Lipinski definition) is 4. The van der Waals surface area contributed by atoms with E-state index in [1.165, 1.54) is 0 Å². The van der Waals surface area contributed by atoms with E-state index in [0.717, 1.165) is 48.7 Å². The lowest BCUT2D eigenvalue weighted by atomic mass is 10.0. The first-order valence-electron chi connectivity index (χ1n) is 15.4. The predicted molar refractivity (Wildman–Crippen MR) is 167 cm³/mol. The lowest BCUT2D eigenvalue weighted by Gasteiger charge is -2.29. The number of piperidine rings is 1. The van der Waals surface area contributed by atoms with E-state index in [9.17, 15) is 19.2 Å². The van der Waals surface area contributed by atoms with Gasteiger partial charge in [0.25, 0.3) is 0 Å². The second-order valence-electron chi connectivity index (χ2n) is 11.6. The molecule has 7 N–H and O–H groups in total. The molecule has 2 heterocycles. The zero-order valence-corrected chi connectivity index (χ0v) is 24.9. The van der Waals surface area contributed by atoms with Crippen molar-refractivity contribution in [3.05, 3.63) is 48.0 Å². The molecule has 4 rings (SSSR count). The van der Waals surface area contributed by atoms with Gasteiger partial charge in [0.15, 0.2) is 11.7 Å². The maximum Gasteiger partial charge on any atom is 0.243 e. The van der Waals surface area contributed by atoms with Crippen molar-refractivity contribution in [1.82, 2.24) is 15.1 Å². The number of guanidine groups is 1. The monoisotopic (exact) mass is 591 g/mol. The van der Waals surface area contributed by atoms with Gasteiger partial charge in [0.2, 0.25) is 17.7 Å². The van der Waals surface area contributed by atoms with E-state index in [1.54, 1.807) is 4.90 Å². The zero-order chi connectivity index (χ0) is 30.8. The van der Waals surface area contributed by atoms with Crippen molar-refractivity contribution in [3.8, 4) is 0 Å². The maximum absolute atomic E-state index is 13.5. The van der Waals surface area contributed by atoms with E-state index in [0.29, 0.717) is 45.2 Å². The van der Waals surface area contributed by atoms with Gasteiger partial charge in [-0.05, 0) is 67.7 Å². The van der Waals surface area contributed by atoms with Gasteiger partial charge < -0.3 is 32.3 Å². The molecule has 3 amide bonds. The van der Waals surface area contributed by atoms with Gasteiger partial charge in [-0.15, -0.1) is 0 Å². The molecule has 232 valence electrons. The first-order valence-corrected chi connectivity index (χ1v) is 15.4. The van der Waals surface area contributed by atoms with Gasteiger partial charge in [0.05, 0.1) is 12.1 Å². The van der Waals surface area contributed by atoms with Crippen LogP contribution in [0.3, 0.4) is 0 Å². The van der Waals surface area contributed by atoms with Gasteiger partial charge in [-0.25, -0.2) is 0 Å². The van der Waals surface area contributed by atoms with Crippen molar-refractivity contribution in [2.75, 3.05) is 26.2 Å². The lowest BCUT2D eigenvalue weighted by Crippen LogP contribution is -2.54. The smallest absolute Gasteiger partial charge is 0.243 e. The van der Waals surface area contributed by atoms with E-state index < -0.39 is 18.1 Å². The summed E-state index contributed by atoms with van der Waals surface area (Å²) in [6.07, 6.45) is 5.51. The average Bonchev–Trinajstić information content (AvgIpc) is 3.51. The lowest BCUT2D eigenvalue weighted by molar-refractivity contribution is -0.140. The third-order valence-electron chi connectivity index (χ3n) is 8.37. The normalized spacial score (nSPS) is 18.2. The molecule has 43 heavy (non-hydrogen) atoms. The molecule has 3 atom stereocenters. The second-order valence-corrected chi connectivity index (χ2v) is 11.6. The fourth-order valence-corrected chi connectivity index (χ4v) is 6.01. The number of nitrogens with two attached hydrogens (primary N) is 3. The van der Waals surface area contributed by atoms with Gasteiger partial charge >= 0.3 is 0 Å². The number of amides is 3. The molecule has 2 aliphatic heterocycles. The fourth-order valence-electron chi connectivity index (χ4n) is 6.01. The average molecular weight is 592 g/mol. The zero-order valence-electron chi connectivity index (χ0n) is 24.9. The summed E-state index contributed by atoms with van der Waals surface area (Å²) in [4.78, 5) is 60.2. The number of likely N-dealkylation sites (tertiary alicyclic amines) is 2. The molecule has 2 unspecified atom stereocenters. The summed E-state index contributed by atoms with van der Waals surface area (Å²) < 4.78 is 0. The van der Waals surface area contributed by atoms with Crippen LogP contribution in [0.1, 0.15) is 63.4 Å². The molecule has 11 nitrogen and oxygen atoms in total. The van der Waals surface area contributed by atoms with Crippen LogP contribution in [0, 0.1) is 0 Å². The minimum absolute atomic E-state index is 0.0342. The second kappa shape index (κ2) is 15.5. The molecule has 2 fully saturated rings. The molecule has 2 aliphatic rings. The highest BCUT2D eigenvalue weighted by atomic mass is 16.2. The quantitative estimate of drug-likeness (QED) is 0.155. The highest BCUT2D eigenvalue weighted by Gasteiger charge is 2.37. The summed E-state index contributed by atoms with van der Waals surface area (Å²) in [7, 11) is 0. The number of benzene rings is 2. The Hall–Kier alpha value is -3.99. The number of Topliss-reactive ketones (excluding diaryl/α,β-unsaturated/α-hetero) is 1. The first-order chi connectivity index (χ1) is 20.7. The van der Waals surface area contributed by atoms with Gasteiger partial charge in [-0.1, -0.05) is 42.5 Å². The number of rotatable bonds is 13. The third kappa shape index (κ3) is 9.00. The fraction of sp³-hybridized carbons (Fsp3) is 0.531. The number of hydrogen-bond acceptors (Lipinski definition) is 6. The minimum atomic E-state index is -0.806. The van der Waals surface area contributed by atoms with Gasteiger partial charge in [0, 0.05) is 39.0 Å². The van der Waals surface area contributed by atoms with E-state index in [1.807, 2.05) is 47.4 Å².